The maximum Gasteiger partial charge on any atom is 0.182 e. The highest BCUT2D eigenvalue weighted by Crippen LogP contribution is 2.63. The van der Waals surface area contributed by atoms with Gasteiger partial charge in [0.2, 0.25) is 0 Å². The van der Waals surface area contributed by atoms with Gasteiger partial charge in [0, 0.05) is 30.0 Å². The molecule has 128 valence electrons. The molecule has 0 bridgehead atoms. The Morgan fingerprint density at radius 2 is 1.75 bits per heavy atom. The summed E-state index contributed by atoms with van der Waals surface area (Å²) in [6, 6.07) is 15.9. The Bertz CT molecular complexity index is 808. The van der Waals surface area contributed by atoms with Gasteiger partial charge in [0.25, 0.3) is 0 Å². The fraction of sp³-hybridized carbons (Fsp3) is 0.333. The van der Waals surface area contributed by atoms with Gasteiger partial charge in [-0.25, -0.2) is 8.42 Å². The van der Waals surface area contributed by atoms with E-state index < -0.39 is 20.5 Å². The SMILES string of the molecule is COC[C@@]1(CN)[C@H](c2ccccc2)[C@@H]1S(=O)(=O)c1ccc(Cl)cc1. The molecule has 3 rings (SSSR count). The zero-order chi connectivity index (χ0) is 17.4. The molecule has 3 atom stereocenters. The third-order valence-corrected chi connectivity index (χ3v) is 7.40. The van der Waals surface area contributed by atoms with Crippen LogP contribution < -0.4 is 5.73 Å². The summed E-state index contributed by atoms with van der Waals surface area (Å²) in [5.74, 6) is -0.177. The number of halogens is 1. The first kappa shape index (κ1) is 17.4. The lowest BCUT2D eigenvalue weighted by Gasteiger charge is -2.15. The lowest BCUT2D eigenvalue weighted by molar-refractivity contribution is 0.142. The molecule has 1 fully saturated rings. The van der Waals surface area contributed by atoms with E-state index in [0.29, 0.717) is 11.6 Å². The van der Waals surface area contributed by atoms with Crippen LogP contribution in [0.3, 0.4) is 0 Å². The van der Waals surface area contributed by atoms with Crippen molar-refractivity contribution in [2.75, 3.05) is 20.3 Å². The first-order valence-electron chi connectivity index (χ1n) is 7.71. The third-order valence-electron chi connectivity index (χ3n) is 4.81. The Morgan fingerprint density at radius 1 is 1.12 bits per heavy atom. The van der Waals surface area contributed by atoms with Crippen LogP contribution in [0.4, 0.5) is 0 Å². The van der Waals surface area contributed by atoms with Crippen molar-refractivity contribution in [2.24, 2.45) is 11.1 Å². The summed E-state index contributed by atoms with van der Waals surface area (Å²) >= 11 is 5.88. The fourth-order valence-corrected chi connectivity index (χ4v) is 6.19. The second-order valence-corrected chi connectivity index (χ2v) is 8.68. The monoisotopic (exact) mass is 365 g/mol. The van der Waals surface area contributed by atoms with Crippen LogP contribution >= 0.6 is 11.6 Å². The standard InChI is InChI=1S/C18H20ClNO3S/c1-23-12-18(11-20)16(13-5-3-2-4-6-13)17(18)24(21,22)15-9-7-14(19)8-10-15/h2-10,16-17H,11-12,20H2,1H3/t16-,17+,18+/m1/s1. The van der Waals surface area contributed by atoms with Crippen LogP contribution in [0.2, 0.25) is 5.02 Å². The topological polar surface area (TPSA) is 69.4 Å². The van der Waals surface area contributed by atoms with E-state index in [1.807, 2.05) is 30.3 Å². The summed E-state index contributed by atoms with van der Waals surface area (Å²) in [6.45, 7) is 0.554. The quantitative estimate of drug-likeness (QED) is 0.854. The van der Waals surface area contributed by atoms with Gasteiger partial charge in [0.15, 0.2) is 9.84 Å². The van der Waals surface area contributed by atoms with E-state index in [1.54, 1.807) is 31.4 Å². The first-order valence-corrected chi connectivity index (χ1v) is 9.63. The summed E-state index contributed by atoms with van der Waals surface area (Å²) in [7, 11) is -1.97. The third kappa shape index (κ3) is 2.75. The number of ether oxygens (including phenoxy) is 1. The highest BCUT2D eigenvalue weighted by molar-refractivity contribution is 7.92. The number of nitrogens with two attached hydrogens (primary N) is 1. The molecular weight excluding hydrogens is 346 g/mol. The molecule has 1 aliphatic rings. The van der Waals surface area contributed by atoms with Gasteiger partial charge < -0.3 is 10.5 Å². The van der Waals surface area contributed by atoms with Crippen molar-refractivity contribution in [2.45, 2.75) is 16.1 Å². The molecule has 0 unspecified atom stereocenters. The van der Waals surface area contributed by atoms with Gasteiger partial charge in [-0.2, -0.15) is 0 Å². The van der Waals surface area contributed by atoms with Crippen molar-refractivity contribution < 1.29 is 13.2 Å². The average Bonchev–Trinajstić information content (AvgIpc) is 3.26. The van der Waals surface area contributed by atoms with E-state index in [1.165, 1.54) is 0 Å². The van der Waals surface area contributed by atoms with Gasteiger partial charge in [-0.15, -0.1) is 0 Å². The van der Waals surface area contributed by atoms with Gasteiger partial charge in [0.05, 0.1) is 16.8 Å². The second kappa shape index (κ2) is 6.48. The van der Waals surface area contributed by atoms with Gasteiger partial charge >= 0.3 is 0 Å². The van der Waals surface area contributed by atoms with Crippen LogP contribution in [0, 0.1) is 5.41 Å². The molecule has 2 aromatic rings. The van der Waals surface area contributed by atoms with E-state index >= 15 is 0 Å². The Kier molecular flexibility index (Phi) is 4.71. The summed E-state index contributed by atoms with van der Waals surface area (Å²) in [6.07, 6.45) is 0. The van der Waals surface area contributed by atoms with Gasteiger partial charge in [-0.3, -0.25) is 0 Å². The van der Waals surface area contributed by atoms with Crippen LogP contribution in [0.15, 0.2) is 59.5 Å². The number of sulfone groups is 1. The molecule has 0 heterocycles. The van der Waals surface area contributed by atoms with Gasteiger partial charge in [-0.05, 0) is 29.8 Å². The molecule has 0 aromatic heterocycles. The molecule has 1 saturated carbocycles. The lowest BCUT2D eigenvalue weighted by atomic mass is 10.0. The van der Waals surface area contributed by atoms with Crippen LogP contribution in [-0.4, -0.2) is 33.9 Å². The molecule has 0 amide bonds. The second-order valence-electron chi connectivity index (χ2n) is 6.18. The minimum absolute atomic E-state index is 0.177. The summed E-state index contributed by atoms with van der Waals surface area (Å²) in [4.78, 5) is 0.268. The highest BCUT2D eigenvalue weighted by Gasteiger charge is 2.70. The minimum atomic E-state index is -3.54. The molecular formula is C18H20ClNO3S. The van der Waals surface area contributed by atoms with E-state index in [2.05, 4.69) is 0 Å². The van der Waals surface area contributed by atoms with Crippen LogP contribution in [0.5, 0.6) is 0 Å². The number of benzene rings is 2. The Morgan fingerprint density at radius 3 is 2.29 bits per heavy atom. The minimum Gasteiger partial charge on any atom is -0.384 e. The van der Waals surface area contributed by atoms with Crippen molar-refractivity contribution in [1.82, 2.24) is 0 Å². The first-order chi connectivity index (χ1) is 11.5. The molecule has 4 nitrogen and oxygen atoms in total. The molecule has 0 aliphatic heterocycles. The zero-order valence-corrected chi connectivity index (χ0v) is 14.9. The predicted molar refractivity (Wildman–Crippen MR) is 95.0 cm³/mol. The van der Waals surface area contributed by atoms with Crippen molar-refractivity contribution in [1.29, 1.82) is 0 Å². The maximum absolute atomic E-state index is 13.2. The van der Waals surface area contributed by atoms with Crippen LogP contribution in [0.1, 0.15) is 11.5 Å². The molecule has 1 aliphatic carbocycles. The molecule has 0 saturated heterocycles. The number of rotatable bonds is 6. The number of hydrogen-bond acceptors (Lipinski definition) is 4. The normalized spacial score (nSPS) is 26.3. The summed E-state index contributed by atoms with van der Waals surface area (Å²) in [5, 5.41) is -0.0927. The Balaban J connectivity index is 2.05. The lowest BCUT2D eigenvalue weighted by Crippen LogP contribution is -2.28. The van der Waals surface area contributed by atoms with E-state index in [9.17, 15) is 8.42 Å². The smallest absolute Gasteiger partial charge is 0.182 e. The summed E-state index contributed by atoms with van der Waals surface area (Å²) in [5.41, 5.74) is 6.38. The van der Waals surface area contributed by atoms with Crippen molar-refractivity contribution in [3.8, 4) is 0 Å². The van der Waals surface area contributed by atoms with Gasteiger partial charge in [0.1, 0.15) is 0 Å². The van der Waals surface area contributed by atoms with Crippen molar-refractivity contribution in [3.63, 3.8) is 0 Å². The molecule has 0 radical (unpaired) electrons. The van der Waals surface area contributed by atoms with Crippen molar-refractivity contribution >= 4 is 21.4 Å². The Hall–Kier alpha value is -1.40. The summed E-state index contributed by atoms with van der Waals surface area (Å²) < 4.78 is 31.7. The fourth-order valence-electron chi connectivity index (χ4n) is 3.62. The highest BCUT2D eigenvalue weighted by atomic mass is 35.5. The molecule has 24 heavy (non-hydrogen) atoms. The predicted octanol–water partition coefficient (Wildman–Crippen LogP) is 2.87. The molecule has 0 spiro atoms. The number of hydrogen-bond donors (Lipinski definition) is 1. The van der Waals surface area contributed by atoms with E-state index in [4.69, 9.17) is 22.1 Å². The molecule has 2 aromatic carbocycles. The largest absolute Gasteiger partial charge is 0.384 e. The molecule has 6 heteroatoms. The zero-order valence-electron chi connectivity index (χ0n) is 13.4. The van der Waals surface area contributed by atoms with Gasteiger partial charge in [-0.1, -0.05) is 41.9 Å². The van der Waals surface area contributed by atoms with Crippen molar-refractivity contribution in [3.05, 3.63) is 65.2 Å². The Labute approximate surface area is 147 Å². The molecule has 2 N–H and O–H groups in total. The average molecular weight is 366 g/mol. The van der Waals surface area contributed by atoms with E-state index in [-0.39, 0.29) is 17.4 Å². The maximum atomic E-state index is 13.2. The van der Waals surface area contributed by atoms with Crippen LogP contribution in [-0.2, 0) is 14.6 Å². The van der Waals surface area contributed by atoms with E-state index in [0.717, 1.165) is 5.56 Å². The number of methoxy groups -OCH3 is 1. The van der Waals surface area contributed by atoms with Crippen LogP contribution in [0.25, 0.3) is 0 Å².